The number of carbonyl (C=O) groups is 1. The molecule has 118 valence electrons. The number of hydrogen-bond donors (Lipinski definition) is 1. The number of nitrogens with zero attached hydrogens (tertiary/aromatic N) is 4. The van der Waals surface area contributed by atoms with Crippen LogP contribution in [0.2, 0.25) is 0 Å². The lowest BCUT2D eigenvalue weighted by Gasteiger charge is -2.08. The average molecular weight is 329 g/mol. The van der Waals surface area contributed by atoms with Crippen LogP contribution in [0.25, 0.3) is 11.0 Å². The van der Waals surface area contributed by atoms with Crippen molar-refractivity contribution in [3.63, 3.8) is 0 Å². The van der Waals surface area contributed by atoms with E-state index in [1.807, 2.05) is 19.9 Å². The summed E-state index contributed by atoms with van der Waals surface area (Å²) in [5.74, 6) is -0.0696. The monoisotopic (exact) mass is 329 g/mol. The first-order valence-corrected chi connectivity index (χ1v) is 7.94. The molecule has 1 N–H and O–H groups in total. The summed E-state index contributed by atoms with van der Waals surface area (Å²) in [6.45, 7) is 3.92. The zero-order chi connectivity index (χ0) is 16.4. The van der Waals surface area contributed by atoms with Crippen LogP contribution >= 0.6 is 11.3 Å². The molecule has 0 aliphatic rings. The van der Waals surface area contributed by atoms with Gasteiger partial charge < -0.3 is 0 Å². The van der Waals surface area contributed by atoms with Crippen LogP contribution in [0.4, 0.5) is 5.13 Å². The Kier molecular flexibility index (Phi) is 4.16. The molecule has 0 saturated heterocycles. The Morgan fingerprint density at radius 3 is 2.83 bits per heavy atom. The van der Waals surface area contributed by atoms with E-state index >= 15 is 0 Å². The van der Waals surface area contributed by atoms with Gasteiger partial charge in [-0.05, 0) is 12.1 Å². The quantitative estimate of drug-likeness (QED) is 0.791. The van der Waals surface area contributed by atoms with Crippen LogP contribution < -0.4 is 10.9 Å². The number of aromatic nitrogens is 4. The molecule has 0 aliphatic carbocycles. The molecule has 7 nitrogen and oxygen atoms in total. The number of hydrogen-bond acceptors (Lipinski definition) is 6. The Labute approximate surface area is 136 Å². The van der Waals surface area contributed by atoms with Gasteiger partial charge in [-0.2, -0.15) is 0 Å². The molecule has 0 radical (unpaired) electrons. The van der Waals surface area contributed by atoms with E-state index < -0.39 is 0 Å². The van der Waals surface area contributed by atoms with Crippen LogP contribution in [-0.2, 0) is 11.3 Å². The second-order valence-corrected chi connectivity index (χ2v) is 6.33. The molecule has 0 aliphatic heterocycles. The maximum absolute atomic E-state index is 12.2. The normalized spacial score (nSPS) is 11.1. The molecule has 3 aromatic rings. The number of nitrogens with one attached hydrogen (secondary N) is 1. The number of para-hydroxylation sites is 2. The van der Waals surface area contributed by atoms with Gasteiger partial charge in [0, 0.05) is 5.92 Å². The minimum absolute atomic E-state index is 0.0988. The van der Waals surface area contributed by atoms with Crippen molar-refractivity contribution in [2.24, 2.45) is 0 Å². The first-order valence-electron chi connectivity index (χ1n) is 7.12. The SMILES string of the molecule is CC(C)c1nnc(NC(=O)Cn2c(=O)cnc3ccccc32)s1. The first-order chi connectivity index (χ1) is 11.0. The van der Waals surface area contributed by atoms with Gasteiger partial charge in [0.25, 0.3) is 5.56 Å². The summed E-state index contributed by atoms with van der Waals surface area (Å²) in [6.07, 6.45) is 1.22. The molecule has 1 aromatic carbocycles. The van der Waals surface area contributed by atoms with Crippen LogP contribution in [0.3, 0.4) is 0 Å². The van der Waals surface area contributed by atoms with Gasteiger partial charge in [0.05, 0.1) is 17.2 Å². The third-order valence-corrected chi connectivity index (χ3v) is 4.37. The highest BCUT2D eigenvalue weighted by Gasteiger charge is 2.12. The van der Waals surface area contributed by atoms with E-state index in [0.29, 0.717) is 16.2 Å². The van der Waals surface area contributed by atoms with E-state index in [2.05, 4.69) is 20.5 Å². The lowest BCUT2D eigenvalue weighted by Crippen LogP contribution is -2.27. The molecule has 0 bridgehead atoms. The molecule has 0 fully saturated rings. The second kappa shape index (κ2) is 6.25. The lowest BCUT2D eigenvalue weighted by molar-refractivity contribution is -0.116. The summed E-state index contributed by atoms with van der Waals surface area (Å²) in [6, 6.07) is 7.19. The first kappa shape index (κ1) is 15.3. The van der Waals surface area contributed by atoms with Crippen LogP contribution in [0, 0.1) is 0 Å². The molecule has 1 amide bonds. The third kappa shape index (κ3) is 3.26. The van der Waals surface area contributed by atoms with Crippen molar-refractivity contribution in [2.75, 3.05) is 5.32 Å². The Bertz CT molecular complexity index is 915. The molecular formula is C15H15N5O2S. The van der Waals surface area contributed by atoms with Gasteiger partial charge in [0.15, 0.2) is 0 Å². The maximum atomic E-state index is 12.2. The van der Waals surface area contributed by atoms with Gasteiger partial charge in [-0.25, -0.2) is 4.98 Å². The predicted octanol–water partition coefficient (Wildman–Crippen LogP) is 2.01. The number of rotatable bonds is 4. The molecule has 0 spiro atoms. The standard InChI is InChI=1S/C15H15N5O2S/c1-9(2)14-18-19-15(23-14)17-12(21)8-20-11-6-4-3-5-10(11)16-7-13(20)22/h3-7,9H,8H2,1-2H3,(H,17,19,21). The number of benzene rings is 1. The van der Waals surface area contributed by atoms with Gasteiger partial charge in [-0.15, -0.1) is 10.2 Å². The largest absolute Gasteiger partial charge is 0.299 e. The summed E-state index contributed by atoms with van der Waals surface area (Å²) in [5, 5.41) is 11.9. The van der Waals surface area contributed by atoms with Crippen LogP contribution in [0.15, 0.2) is 35.3 Å². The summed E-state index contributed by atoms with van der Waals surface area (Å²) in [5.41, 5.74) is 0.965. The van der Waals surface area contributed by atoms with Gasteiger partial charge in [0.2, 0.25) is 11.0 Å². The Morgan fingerprint density at radius 2 is 2.09 bits per heavy atom. The van der Waals surface area contributed by atoms with E-state index in [1.54, 1.807) is 18.2 Å². The van der Waals surface area contributed by atoms with Gasteiger partial charge in [-0.3, -0.25) is 19.5 Å². The molecule has 0 atom stereocenters. The van der Waals surface area contributed by atoms with Crippen molar-refractivity contribution < 1.29 is 4.79 Å². The van der Waals surface area contributed by atoms with E-state index in [-0.39, 0.29) is 23.9 Å². The number of carbonyl (C=O) groups excluding carboxylic acids is 1. The zero-order valence-corrected chi connectivity index (χ0v) is 13.5. The van der Waals surface area contributed by atoms with Crippen molar-refractivity contribution in [3.05, 3.63) is 45.8 Å². The molecular weight excluding hydrogens is 314 g/mol. The number of fused-ring (bicyclic) bond motifs is 1. The van der Waals surface area contributed by atoms with Gasteiger partial charge in [0.1, 0.15) is 11.6 Å². The summed E-state index contributed by atoms with van der Waals surface area (Å²) >= 11 is 1.33. The molecule has 0 saturated carbocycles. The van der Waals surface area contributed by atoms with Crippen LogP contribution in [0.5, 0.6) is 0 Å². The number of amides is 1. The van der Waals surface area contributed by atoms with Crippen molar-refractivity contribution in [2.45, 2.75) is 26.3 Å². The minimum Gasteiger partial charge on any atom is -0.299 e. The molecule has 0 unspecified atom stereocenters. The minimum atomic E-state index is -0.324. The van der Waals surface area contributed by atoms with E-state index in [4.69, 9.17) is 0 Å². The van der Waals surface area contributed by atoms with Crippen LogP contribution in [0.1, 0.15) is 24.8 Å². The predicted molar refractivity (Wildman–Crippen MR) is 88.6 cm³/mol. The molecule has 3 rings (SSSR count). The number of anilines is 1. The second-order valence-electron chi connectivity index (χ2n) is 5.32. The molecule has 23 heavy (non-hydrogen) atoms. The summed E-state index contributed by atoms with van der Waals surface area (Å²) < 4.78 is 1.39. The third-order valence-electron chi connectivity index (χ3n) is 3.24. The summed E-state index contributed by atoms with van der Waals surface area (Å²) in [4.78, 5) is 28.3. The highest BCUT2D eigenvalue weighted by atomic mass is 32.1. The smallest absolute Gasteiger partial charge is 0.269 e. The topological polar surface area (TPSA) is 89.8 Å². The van der Waals surface area contributed by atoms with E-state index in [9.17, 15) is 9.59 Å². The Balaban J connectivity index is 1.82. The highest BCUT2D eigenvalue weighted by Crippen LogP contribution is 2.22. The van der Waals surface area contributed by atoms with E-state index in [0.717, 1.165) is 5.01 Å². The molecule has 2 aromatic heterocycles. The van der Waals surface area contributed by atoms with Crippen molar-refractivity contribution in [1.29, 1.82) is 0 Å². The van der Waals surface area contributed by atoms with Crippen molar-refractivity contribution in [3.8, 4) is 0 Å². The Morgan fingerprint density at radius 1 is 1.30 bits per heavy atom. The fourth-order valence-corrected chi connectivity index (χ4v) is 2.86. The molecule has 2 heterocycles. The van der Waals surface area contributed by atoms with Gasteiger partial charge in [-0.1, -0.05) is 37.3 Å². The van der Waals surface area contributed by atoms with E-state index in [1.165, 1.54) is 22.1 Å². The van der Waals surface area contributed by atoms with Crippen molar-refractivity contribution in [1.82, 2.24) is 19.7 Å². The average Bonchev–Trinajstić information content (AvgIpc) is 2.99. The Hall–Kier alpha value is -2.61. The zero-order valence-electron chi connectivity index (χ0n) is 12.7. The highest BCUT2D eigenvalue weighted by molar-refractivity contribution is 7.15. The lowest BCUT2D eigenvalue weighted by atomic mass is 10.2. The van der Waals surface area contributed by atoms with Crippen LogP contribution in [-0.4, -0.2) is 25.7 Å². The summed E-state index contributed by atoms with van der Waals surface area (Å²) in [7, 11) is 0. The van der Waals surface area contributed by atoms with Gasteiger partial charge >= 0.3 is 0 Å². The fourth-order valence-electron chi connectivity index (χ4n) is 2.10. The fraction of sp³-hybridized carbons (Fsp3) is 0.267. The maximum Gasteiger partial charge on any atom is 0.269 e. The molecule has 8 heteroatoms. The van der Waals surface area contributed by atoms with Crippen molar-refractivity contribution >= 4 is 33.4 Å².